The molecular weight excluding hydrogens is 265 g/mol. The zero-order valence-corrected chi connectivity index (χ0v) is 9.35. The number of hydrazone groups is 1. The fourth-order valence-corrected chi connectivity index (χ4v) is 1.19. The van der Waals surface area contributed by atoms with Crippen molar-refractivity contribution in [3.63, 3.8) is 0 Å². The zero-order valence-electron chi connectivity index (χ0n) is 9.35. The van der Waals surface area contributed by atoms with E-state index >= 15 is 0 Å². The van der Waals surface area contributed by atoms with Gasteiger partial charge in [-0.1, -0.05) is 17.3 Å². The topological polar surface area (TPSA) is 100 Å². The highest BCUT2D eigenvalue weighted by molar-refractivity contribution is 6.38. The van der Waals surface area contributed by atoms with E-state index < -0.39 is 17.8 Å². The molecule has 0 spiro atoms. The van der Waals surface area contributed by atoms with E-state index in [2.05, 4.69) is 10.3 Å². The van der Waals surface area contributed by atoms with Crippen LogP contribution in [0.1, 0.15) is 11.1 Å². The molecule has 1 aromatic carbocycles. The van der Waals surface area contributed by atoms with E-state index in [4.69, 9.17) is 10.9 Å². The lowest BCUT2D eigenvalue weighted by atomic mass is 10.1. The maximum absolute atomic E-state index is 12.5. The van der Waals surface area contributed by atoms with Gasteiger partial charge < -0.3 is 10.9 Å². The van der Waals surface area contributed by atoms with E-state index in [1.807, 2.05) is 5.43 Å². The highest BCUT2D eigenvalue weighted by Crippen LogP contribution is 2.29. The fraction of sp³-hybridized carbons (Fsp3) is 0.100. The summed E-state index contributed by atoms with van der Waals surface area (Å²) < 4.78 is 37.6. The normalized spacial score (nSPS) is 12.7. The molecule has 0 atom stereocenters. The standard InChI is InChI=1S/C10H9F3N4O2/c11-10(12,13)7-3-1-2-6(4-7)8(5-15-19)16-17-9(14)18/h1-5,19H,(H3,14,17,18)/b15-5+,16-8+. The molecule has 4 N–H and O–H groups in total. The molecule has 0 aliphatic heterocycles. The molecule has 0 fully saturated rings. The van der Waals surface area contributed by atoms with Crippen molar-refractivity contribution in [3.05, 3.63) is 35.4 Å². The third-order valence-corrected chi connectivity index (χ3v) is 1.95. The van der Waals surface area contributed by atoms with Crippen molar-refractivity contribution in [2.45, 2.75) is 6.18 Å². The first kappa shape index (κ1) is 14.5. The molecule has 0 bridgehead atoms. The van der Waals surface area contributed by atoms with Gasteiger partial charge in [0, 0.05) is 5.56 Å². The van der Waals surface area contributed by atoms with Crippen LogP contribution in [0.15, 0.2) is 34.5 Å². The number of carbonyl (C=O) groups is 1. The molecule has 9 heteroatoms. The molecule has 0 unspecified atom stereocenters. The summed E-state index contributed by atoms with van der Waals surface area (Å²) >= 11 is 0. The molecule has 0 radical (unpaired) electrons. The number of halogens is 3. The number of nitrogens with one attached hydrogen (secondary N) is 1. The van der Waals surface area contributed by atoms with Crippen LogP contribution in [0.25, 0.3) is 0 Å². The molecule has 0 saturated carbocycles. The number of primary amides is 1. The first-order valence-electron chi connectivity index (χ1n) is 4.83. The third-order valence-electron chi connectivity index (χ3n) is 1.95. The smallest absolute Gasteiger partial charge is 0.411 e. The van der Waals surface area contributed by atoms with E-state index in [-0.39, 0.29) is 11.3 Å². The summed E-state index contributed by atoms with van der Waals surface area (Å²) in [4.78, 5) is 10.5. The Labute approximate surface area is 105 Å². The van der Waals surface area contributed by atoms with Gasteiger partial charge in [0.25, 0.3) is 0 Å². The second-order valence-corrected chi connectivity index (χ2v) is 3.30. The van der Waals surface area contributed by atoms with Gasteiger partial charge in [0.2, 0.25) is 0 Å². The number of oxime groups is 1. The lowest BCUT2D eigenvalue weighted by Crippen LogP contribution is -2.26. The number of alkyl halides is 3. The van der Waals surface area contributed by atoms with Crippen LogP contribution in [0.5, 0.6) is 0 Å². The average Bonchev–Trinajstić information content (AvgIpc) is 2.33. The summed E-state index contributed by atoms with van der Waals surface area (Å²) in [5, 5.41) is 14.5. The van der Waals surface area contributed by atoms with Gasteiger partial charge in [0.05, 0.1) is 11.8 Å². The Balaban J connectivity index is 3.17. The molecule has 0 heterocycles. The Morgan fingerprint density at radius 1 is 1.42 bits per heavy atom. The molecule has 0 aromatic heterocycles. The van der Waals surface area contributed by atoms with Gasteiger partial charge in [-0.2, -0.15) is 18.3 Å². The van der Waals surface area contributed by atoms with Crippen molar-refractivity contribution >= 4 is 18.0 Å². The van der Waals surface area contributed by atoms with Gasteiger partial charge in [-0.15, -0.1) is 0 Å². The lowest BCUT2D eigenvalue weighted by molar-refractivity contribution is -0.137. The van der Waals surface area contributed by atoms with E-state index in [1.165, 1.54) is 6.07 Å². The van der Waals surface area contributed by atoms with Crippen molar-refractivity contribution in [1.82, 2.24) is 5.43 Å². The number of hydrogen-bond donors (Lipinski definition) is 3. The highest BCUT2D eigenvalue weighted by atomic mass is 19.4. The summed E-state index contributed by atoms with van der Waals surface area (Å²) in [6.45, 7) is 0. The summed E-state index contributed by atoms with van der Waals surface area (Å²) in [6, 6.07) is 3.12. The van der Waals surface area contributed by atoms with Crippen molar-refractivity contribution in [1.29, 1.82) is 0 Å². The Kier molecular flexibility index (Phi) is 4.46. The molecule has 19 heavy (non-hydrogen) atoms. The van der Waals surface area contributed by atoms with Crippen LogP contribution in [0.3, 0.4) is 0 Å². The largest absolute Gasteiger partial charge is 0.416 e. The van der Waals surface area contributed by atoms with Crippen molar-refractivity contribution in [3.8, 4) is 0 Å². The maximum Gasteiger partial charge on any atom is 0.416 e. The van der Waals surface area contributed by atoms with Crippen molar-refractivity contribution in [2.75, 3.05) is 0 Å². The van der Waals surface area contributed by atoms with E-state index in [0.717, 1.165) is 24.4 Å². The molecule has 0 aliphatic rings. The Morgan fingerprint density at radius 3 is 2.63 bits per heavy atom. The minimum absolute atomic E-state index is 0.00127. The van der Waals surface area contributed by atoms with Gasteiger partial charge in [-0.25, -0.2) is 10.2 Å². The van der Waals surface area contributed by atoms with Crippen LogP contribution in [-0.4, -0.2) is 23.2 Å². The van der Waals surface area contributed by atoms with E-state index in [0.29, 0.717) is 0 Å². The van der Waals surface area contributed by atoms with Crippen LogP contribution in [-0.2, 0) is 6.18 Å². The molecule has 2 amide bonds. The van der Waals surface area contributed by atoms with E-state index in [1.54, 1.807) is 0 Å². The predicted molar refractivity (Wildman–Crippen MR) is 61.0 cm³/mol. The quantitative estimate of drug-likeness (QED) is 0.442. The van der Waals surface area contributed by atoms with Crippen molar-refractivity contribution < 1.29 is 23.2 Å². The highest BCUT2D eigenvalue weighted by Gasteiger charge is 2.30. The van der Waals surface area contributed by atoms with Gasteiger partial charge >= 0.3 is 12.2 Å². The number of carbonyl (C=O) groups excluding carboxylic acids is 1. The van der Waals surface area contributed by atoms with Gasteiger partial charge in [-0.05, 0) is 12.1 Å². The molecule has 0 aliphatic carbocycles. The minimum Gasteiger partial charge on any atom is -0.411 e. The van der Waals surface area contributed by atoms with Crippen molar-refractivity contribution in [2.24, 2.45) is 16.0 Å². The second kappa shape index (κ2) is 5.85. The number of hydrogen-bond acceptors (Lipinski definition) is 4. The second-order valence-electron chi connectivity index (χ2n) is 3.30. The van der Waals surface area contributed by atoms with Crippen LogP contribution >= 0.6 is 0 Å². The summed E-state index contributed by atoms with van der Waals surface area (Å²) in [5.74, 6) is 0. The first-order chi connectivity index (χ1) is 8.84. The molecule has 1 aromatic rings. The van der Waals surface area contributed by atoms with Crippen LogP contribution in [0.2, 0.25) is 0 Å². The minimum atomic E-state index is -4.52. The number of nitrogens with zero attached hydrogens (tertiary/aromatic N) is 2. The van der Waals surface area contributed by atoms with Gasteiger partial charge in [0.1, 0.15) is 5.71 Å². The average molecular weight is 274 g/mol. The molecule has 1 rings (SSSR count). The SMILES string of the molecule is NC(=O)N/N=C(\C=N\O)c1cccc(C(F)(F)F)c1. The Bertz CT molecular complexity index is 526. The maximum atomic E-state index is 12.5. The Hall–Kier alpha value is -2.58. The monoisotopic (exact) mass is 274 g/mol. The fourth-order valence-electron chi connectivity index (χ4n) is 1.19. The van der Waals surface area contributed by atoms with Gasteiger partial charge in [-0.3, -0.25) is 0 Å². The number of benzene rings is 1. The number of urea groups is 1. The Morgan fingerprint density at radius 2 is 2.11 bits per heavy atom. The summed E-state index contributed by atoms with van der Waals surface area (Å²) in [5.41, 5.74) is 5.51. The summed E-state index contributed by atoms with van der Waals surface area (Å²) in [7, 11) is 0. The molecule has 102 valence electrons. The number of amides is 2. The van der Waals surface area contributed by atoms with Gasteiger partial charge in [0.15, 0.2) is 0 Å². The molecule has 0 saturated heterocycles. The van der Waals surface area contributed by atoms with Crippen LogP contribution < -0.4 is 11.2 Å². The third kappa shape index (κ3) is 4.30. The lowest BCUT2D eigenvalue weighted by Gasteiger charge is -2.08. The molecule has 6 nitrogen and oxygen atoms in total. The van der Waals surface area contributed by atoms with E-state index in [9.17, 15) is 18.0 Å². The van der Waals surface area contributed by atoms with Crippen LogP contribution in [0, 0.1) is 0 Å². The number of nitrogens with two attached hydrogens (primary N) is 1. The summed E-state index contributed by atoms with van der Waals surface area (Å²) in [6.07, 6.45) is -3.75. The predicted octanol–water partition coefficient (Wildman–Crippen LogP) is 1.54. The molecular formula is C10H9F3N4O2. The van der Waals surface area contributed by atoms with Crippen LogP contribution in [0.4, 0.5) is 18.0 Å². The zero-order chi connectivity index (χ0) is 14.5. The number of rotatable bonds is 3. The first-order valence-corrected chi connectivity index (χ1v) is 4.83.